The molecule has 2 aromatic heterocycles. The molecule has 10 heteroatoms. The van der Waals surface area contributed by atoms with Crippen LogP contribution in [0.25, 0.3) is 11.0 Å². The maximum absolute atomic E-state index is 12.9. The van der Waals surface area contributed by atoms with Gasteiger partial charge in [0.15, 0.2) is 5.82 Å². The van der Waals surface area contributed by atoms with E-state index in [0.29, 0.717) is 42.0 Å². The van der Waals surface area contributed by atoms with Crippen molar-refractivity contribution in [2.45, 2.75) is 45.6 Å². The van der Waals surface area contributed by atoms with Gasteiger partial charge in [-0.15, -0.1) is 0 Å². The van der Waals surface area contributed by atoms with Gasteiger partial charge in [-0.05, 0) is 19.4 Å². The maximum Gasteiger partial charge on any atom is 0.255 e. The Morgan fingerprint density at radius 1 is 1.31 bits per heavy atom. The van der Waals surface area contributed by atoms with Crippen LogP contribution in [0.15, 0.2) is 12.3 Å². The number of amides is 2. The van der Waals surface area contributed by atoms with Crippen molar-refractivity contribution in [3.8, 4) is 0 Å². The largest absolute Gasteiger partial charge is 0.380 e. The molecule has 0 unspecified atom stereocenters. The van der Waals surface area contributed by atoms with Crippen LogP contribution in [-0.4, -0.2) is 70.1 Å². The highest BCUT2D eigenvalue weighted by Gasteiger charge is 2.50. The van der Waals surface area contributed by atoms with Crippen LogP contribution in [0.5, 0.6) is 0 Å². The van der Waals surface area contributed by atoms with E-state index in [0.717, 1.165) is 32.5 Å². The average molecular weight is 442 g/mol. The molecular weight excluding hydrogens is 410 g/mol. The summed E-state index contributed by atoms with van der Waals surface area (Å²) >= 11 is 0. The van der Waals surface area contributed by atoms with Gasteiger partial charge in [-0.1, -0.05) is 19.8 Å². The van der Waals surface area contributed by atoms with Crippen molar-refractivity contribution in [2.75, 3.05) is 43.9 Å². The Kier molecular flexibility index (Phi) is 5.89. The lowest BCUT2D eigenvalue weighted by molar-refractivity contribution is -0.176. The number of nitrogens with one attached hydrogen (secondary N) is 2. The lowest BCUT2D eigenvalue weighted by atomic mass is 9.78. The van der Waals surface area contributed by atoms with Gasteiger partial charge in [-0.2, -0.15) is 4.98 Å². The van der Waals surface area contributed by atoms with Gasteiger partial charge in [0, 0.05) is 32.8 Å². The number of nitrogens with two attached hydrogens (primary N) is 1. The molecule has 32 heavy (non-hydrogen) atoms. The molecule has 2 aliphatic rings. The van der Waals surface area contributed by atoms with Gasteiger partial charge in [0.25, 0.3) is 5.91 Å². The summed E-state index contributed by atoms with van der Waals surface area (Å²) in [5.41, 5.74) is 7.21. The highest BCUT2D eigenvalue weighted by atomic mass is 16.5. The average Bonchev–Trinajstić information content (AvgIpc) is 2.68. The SMILES string of the molecule is CCCC[C@](C)(CNC(C)=O)Nc1nc(N)nc2cc(C(=O)N3CC4(COC4)C3)cnc12. The lowest BCUT2D eigenvalue weighted by Gasteiger charge is -2.54. The minimum atomic E-state index is -0.442. The third kappa shape index (κ3) is 4.45. The molecular formula is C22H31N7O3. The van der Waals surface area contributed by atoms with E-state index in [1.807, 2.05) is 11.8 Å². The number of nitrogens with zero attached hydrogens (tertiary/aromatic N) is 4. The second kappa shape index (κ2) is 8.50. The van der Waals surface area contributed by atoms with E-state index in [1.165, 1.54) is 6.92 Å². The minimum Gasteiger partial charge on any atom is -0.380 e. The van der Waals surface area contributed by atoms with Crippen molar-refractivity contribution in [3.05, 3.63) is 17.8 Å². The molecule has 1 spiro atoms. The summed E-state index contributed by atoms with van der Waals surface area (Å²) < 4.78 is 5.28. The van der Waals surface area contributed by atoms with Gasteiger partial charge in [-0.3, -0.25) is 9.59 Å². The summed E-state index contributed by atoms with van der Waals surface area (Å²) in [6, 6.07) is 1.72. The molecule has 0 saturated carbocycles. The number of nitrogen functional groups attached to an aromatic ring is 1. The highest BCUT2D eigenvalue weighted by molar-refractivity contribution is 5.98. The van der Waals surface area contributed by atoms with E-state index in [2.05, 4.69) is 32.5 Å². The van der Waals surface area contributed by atoms with Crippen LogP contribution in [0.1, 0.15) is 50.4 Å². The summed E-state index contributed by atoms with van der Waals surface area (Å²) in [7, 11) is 0. The molecule has 2 aromatic rings. The van der Waals surface area contributed by atoms with Crippen LogP contribution in [0, 0.1) is 5.41 Å². The van der Waals surface area contributed by atoms with Crippen molar-refractivity contribution < 1.29 is 14.3 Å². The predicted molar refractivity (Wildman–Crippen MR) is 121 cm³/mol. The van der Waals surface area contributed by atoms with Crippen LogP contribution in [0.4, 0.5) is 11.8 Å². The molecule has 0 aromatic carbocycles. The van der Waals surface area contributed by atoms with Crippen molar-refractivity contribution in [2.24, 2.45) is 5.41 Å². The predicted octanol–water partition coefficient (Wildman–Crippen LogP) is 1.58. The molecule has 10 nitrogen and oxygen atoms in total. The summed E-state index contributed by atoms with van der Waals surface area (Å²) in [6.45, 7) is 8.95. The van der Waals surface area contributed by atoms with Gasteiger partial charge >= 0.3 is 0 Å². The number of carbonyl (C=O) groups excluding carboxylic acids is 2. The second-order valence-corrected chi connectivity index (χ2v) is 9.38. The van der Waals surface area contributed by atoms with Crippen LogP contribution in [0.3, 0.4) is 0 Å². The Bertz CT molecular complexity index is 1030. The molecule has 4 heterocycles. The number of ether oxygens (including phenoxy) is 1. The van der Waals surface area contributed by atoms with Crippen LogP contribution in [-0.2, 0) is 9.53 Å². The van der Waals surface area contributed by atoms with E-state index in [-0.39, 0.29) is 23.2 Å². The van der Waals surface area contributed by atoms with Crippen LogP contribution >= 0.6 is 0 Å². The van der Waals surface area contributed by atoms with E-state index < -0.39 is 5.54 Å². The zero-order valence-corrected chi connectivity index (χ0v) is 18.9. The van der Waals surface area contributed by atoms with E-state index in [9.17, 15) is 9.59 Å². The van der Waals surface area contributed by atoms with Crippen LogP contribution in [0.2, 0.25) is 0 Å². The number of hydrogen-bond donors (Lipinski definition) is 3. The van der Waals surface area contributed by atoms with Crippen molar-refractivity contribution in [3.63, 3.8) is 0 Å². The molecule has 4 N–H and O–H groups in total. The Morgan fingerprint density at radius 2 is 2.06 bits per heavy atom. The van der Waals surface area contributed by atoms with Crippen molar-refractivity contribution >= 4 is 34.6 Å². The summed E-state index contributed by atoms with van der Waals surface area (Å²) in [5, 5.41) is 6.32. The third-order valence-electron chi connectivity index (χ3n) is 6.19. The highest BCUT2D eigenvalue weighted by Crippen LogP contribution is 2.38. The number of unbranched alkanes of at least 4 members (excludes halogenated alkanes) is 1. The van der Waals surface area contributed by atoms with Gasteiger partial charge in [0.1, 0.15) is 5.52 Å². The van der Waals surface area contributed by atoms with E-state index >= 15 is 0 Å². The molecule has 0 radical (unpaired) electrons. The molecule has 4 rings (SSSR count). The maximum atomic E-state index is 12.9. The molecule has 1 atom stereocenters. The lowest BCUT2D eigenvalue weighted by Crippen LogP contribution is -2.67. The number of rotatable bonds is 8. The number of aromatic nitrogens is 3. The van der Waals surface area contributed by atoms with E-state index in [1.54, 1.807) is 12.3 Å². The first-order valence-electron chi connectivity index (χ1n) is 11.1. The molecule has 2 fully saturated rings. The number of carbonyl (C=O) groups is 2. The smallest absolute Gasteiger partial charge is 0.255 e. The van der Waals surface area contributed by atoms with Gasteiger partial charge < -0.3 is 26.0 Å². The Labute approximate surface area is 187 Å². The first kappa shape index (κ1) is 22.2. The third-order valence-corrected chi connectivity index (χ3v) is 6.19. The summed E-state index contributed by atoms with van der Waals surface area (Å²) in [5.74, 6) is 0.425. The fourth-order valence-electron chi connectivity index (χ4n) is 4.27. The topological polar surface area (TPSA) is 135 Å². The normalized spacial score (nSPS) is 18.5. The monoisotopic (exact) mass is 441 g/mol. The Hall–Kier alpha value is -3.01. The summed E-state index contributed by atoms with van der Waals surface area (Å²) in [4.78, 5) is 39.4. The fourth-order valence-corrected chi connectivity index (χ4v) is 4.27. The van der Waals surface area contributed by atoms with Gasteiger partial charge in [-0.25, -0.2) is 9.97 Å². The number of hydrogen-bond acceptors (Lipinski definition) is 8. The molecule has 172 valence electrons. The number of likely N-dealkylation sites (tertiary alicyclic amines) is 1. The molecule has 2 saturated heterocycles. The zero-order chi connectivity index (χ0) is 22.9. The number of fused-ring (bicyclic) bond motifs is 1. The molecule has 2 aliphatic heterocycles. The minimum absolute atomic E-state index is 0.0675. The standard InChI is InChI=1S/C22H31N7O3/c1-4-5-6-21(3,9-25-14(2)30)28-18-17-16(26-20(23)27-18)7-15(8-24-17)19(31)29-10-22(11-29)12-32-13-22/h7-8H,4-6,9-13H2,1-3H3,(H,25,30)(H3,23,26,27,28)/t21-/m1/s1. The van der Waals surface area contributed by atoms with Gasteiger partial charge in [0.05, 0.1) is 35.2 Å². The first-order valence-corrected chi connectivity index (χ1v) is 11.1. The Morgan fingerprint density at radius 3 is 2.69 bits per heavy atom. The first-order chi connectivity index (χ1) is 15.2. The number of pyridine rings is 1. The Balaban J connectivity index is 1.57. The van der Waals surface area contributed by atoms with Gasteiger partial charge in [0.2, 0.25) is 11.9 Å². The van der Waals surface area contributed by atoms with E-state index in [4.69, 9.17) is 10.5 Å². The van der Waals surface area contributed by atoms with Crippen molar-refractivity contribution in [1.29, 1.82) is 0 Å². The summed E-state index contributed by atoms with van der Waals surface area (Å²) in [6.07, 6.45) is 4.40. The van der Waals surface area contributed by atoms with Crippen LogP contribution < -0.4 is 16.4 Å². The quantitative estimate of drug-likeness (QED) is 0.562. The van der Waals surface area contributed by atoms with Crippen molar-refractivity contribution in [1.82, 2.24) is 25.2 Å². The molecule has 0 aliphatic carbocycles. The number of anilines is 2. The second-order valence-electron chi connectivity index (χ2n) is 9.38. The zero-order valence-electron chi connectivity index (χ0n) is 18.9. The molecule has 0 bridgehead atoms. The fraction of sp³-hybridized carbons (Fsp3) is 0.591. The molecule has 2 amide bonds.